The molecule has 0 fully saturated rings. The van der Waals surface area contributed by atoms with Gasteiger partial charge in [0.1, 0.15) is 16.9 Å². The van der Waals surface area contributed by atoms with Crippen molar-refractivity contribution in [3.8, 4) is 16.9 Å². The summed E-state index contributed by atoms with van der Waals surface area (Å²) in [6, 6.07) is 19.3. The van der Waals surface area contributed by atoms with E-state index in [1.807, 2.05) is 19.1 Å². The molecule has 0 saturated carbocycles. The van der Waals surface area contributed by atoms with Gasteiger partial charge in [0.25, 0.3) is 0 Å². The van der Waals surface area contributed by atoms with Gasteiger partial charge in [0.15, 0.2) is 0 Å². The number of carbonyl (C=O) groups is 1. The lowest BCUT2D eigenvalue weighted by Gasteiger charge is -2.08. The first-order chi connectivity index (χ1) is 15.9. The molecule has 33 heavy (non-hydrogen) atoms. The van der Waals surface area contributed by atoms with Gasteiger partial charge in [-0.05, 0) is 55.5 Å². The van der Waals surface area contributed by atoms with E-state index in [1.54, 1.807) is 48.5 Å². The van der Waals surface area contributed by atoms with Crippen molar-refractivity contribution in [1.29, 1.82) is 0 Å². The van der Waals surface area contributed by atoms with E-state index in [0.29, 0.717) is 32.5 Å². The van der Waals surface area contributed by atoms with Crippen LogP contribution in [0.5, 0.6) is 5.75 Å². The van der Waals surface area contributed by atoms with Gasteiger partial charge in [0.2, 0.25) is 0 Å². The van der Waals surface area contributed by atoms with Crippen LogP contribution < -0.4 is 16.0 Å². The van der Waals surface area contributed by atoms with Crippen molar-refractivity contribution in [3.05, 3.63) is 110 Å². The van der Waals surface area contributed by atoms with Crippen LogP contribution in [0.2, 0.25) is 5.02 Å². The molecule has 6 nitrogen and oxygen atoms in total. The maximum absolute atomic E-state index is 12.7. The number of hydrogen-bond donors (Lipinski definition) is 0. The first-order valence-electron chi connectivity index (χ1n) is 9.98. The minimum absolute atomic E-state index is 0.164. The normalized spacial score (nSPS) is 11.1. The first kappa shape index (κ1) is 20.7. The molecule has 0 N–H and O–H groups in total. The van der Waals surface area contributed by atoms with Gasteiger partial charge in [0.05, 0.1) is 11.1 Å². The fourth-order valence-corrected chi connectivity index (χ4v) is 3.75. The van der Waals surface area contributed by atoms with E-state index in [2.05, 4.69) is 0 Å². The predicted molar refractivity (Wildman–Crippen MR) is 125 cm³/mol. The third-order valence-corrected chi connectivity index (χ3v) is 5.43. The number of benzene rings is 3. The monoisotopic (exact) mass is 458 g/mol. The summed E-state index contributed by atoms with van der Waals surface area (Å²) in [6.07, 6.45) is 0. The Morgan fingerprint density at radius 3 is 2.39 bits per heavy atom. The topological polar surface area (TPSA) is 86.7 Å². The van der Waals surface area contributed by atoms with E-state index < -0.39 is 17.2 Å². The van der Waals surface area contributed by atoms with Gasteiger partial charge in [-0.1, -0.05) is 29.3 Å². The summed E-state index contributed by atoms with van der Waals surface area (Å²) in [4.78, 5) is 37.4. The summed E-state index contributed by atoms with van der Waals surface area (Å²) >= 11 is 6.06. The summed E-state index contributed by atoms with van der Waals surface area (Å²) in [5.74, 6) is -0.342. The van der Waals surface area contributed by atoms with Crippen LogP contribution in [0.25, 0.3) is 33.1 Å². The van der Waals surface area contributed by atoms with Gasteiger partial charge in [-0.2, -0.15) is 0 Å². The molecule has 0 radical (unpaired) electrons. The molecule has 0 atom stereocenters. The van der Waals surface area contributed by atoms with Crippen molar-refractivity contribution < 1.29 is 18.4 Å². The fourth-order valence-electron chi connectivity index (χ4n) is 3.57. The fraction of sp³-hybridized carbons (Fsp3) is 0.0385. The van der Waals surface area contributed by atoms with Gasteiger partial charge in [0, 0.05) is 33.5 Å². The van der Waals surface area contributed by atoms with Gasteiger partial charge < -0.3 is 13.6 Å². The van der Waals surface area contributed by atoms with Crippen molar-refractivity contribution in [3.63, 3.8) is 0 Å². The molecule has 0 aliphatic heterocycles. The van der Waals surface area contributed by atoms with E-state index in [1.165, 1.54) is 12.1 Å². The summed E-state index contributed by atoms with van der Waals surface area (Å²) < 4.78 is 16.2. The van der Waals surface area contributed by atoms with E-state index in [-0.39, 0.29) is 16.9 Å². The molecule has 0 spiro atoms. The highest BCUT2D eigenvalue weighted by Gasteiger charge is 2.16. The minimum atomic E-state index is -0.662. The summed E-state index contributed by atoms with van der Waals surface area (Å²) in [6.45, 7) is 1.92. The standard InChI is InChI=1S/C26H15ClO6/c1-14-2-4-15(5-3-14)25(29)31-18-7-8-19-20(13-24(28)32-23(19)12-18)21-11-16-10-17(27)6-9-22(16)33-26(21)30/h2-13H,1H3. The van der Waals surface area contributed by atoms with Crippen LogP contribution in [0, 0.1) is 6.92 Å². The molecule has 2 aromatic heterocycles. The zero-order valence-electron chi connectivity index (χ0n) is 17.3. The smallest absolute Gasteiger partial charge is 0.344 e. The lowest BCUT2D eigenvalue weighted by Crippen LogP contribution is -2.09. The largest absolute Gasteiger partial charge is 0.423 e. The van der Waals surface area contributed by atoms with Crippen LogP contribution in [0.15, 0.2) is 91.2 Å². The highest BCUT2D eigenvalue weighted by atomic mass is 35.5. The third kappa shape index (κ3) is 4.04. The molecule has 5 aromatic rings. The van der Waals surface area contributed by atoms with Gasteiger partial charge in [-0.3, -0.25) is 0 Å². The molecule has 7 heteroatoms. The second-order valence-corrected chi connectivity index (χ2v) is 7.96. The maximum Gasteiger partial charge on any atom is 0.344 e. The lowest BCUT2D eigenvalue weighted by molar-refractivity contribution is 0.0735. The molecule has 0 aliphatic carbocycles. The van der Waals surface area contributed by atoms with Crippen molar-refractivity contribution in [2.75, 3.05) is 0 Å². The van der Waals surface area contributed by atoms with Crippen LogP contribution in [-0.2, 0) is 0 Å². The molecular weight excluding hydrogens is 444 g/mol. The Morgan fingerprint density at radius 2 is 1.61 bits per heavy atom. The molecule has 0 unspecified atom stereocenters. The number of fused-ring (bicyclic) bond motifs is 2. The Morgan fingerprint density at radius 1 is 0.818 bits per heavy atom. The molecule has 5 rings (SSSR count). The molecule has 3 aromatic carbocycles. The Kier molecular flexibility index (Phi) is 5.07. The third-order valence-electron chi connectivity index (χ3n) is 5.20. The number of ether oxygens (including phenoxy) is 1. The average molecular weight is 459 g/mol. The zero-order valence-corrected chi connectivity index (χ0v) is 18.0. The molecule has 0 bridgehead atoms. The Balaban J connectivity index is 1.59. The van der Waals surface area contributed by atoms with Crippen molar-refractivity contribution in [2.45, 2.75) is 6.92 Å². The van der Waals surface area contributed by atoms with E-state index in [4.69, 9.17) is 25.2 Å². The van der Waals surface area contributed by atoms with Crippen LogP contribution >= 0.6 is 11.6 Å². The number of halogens is 1. The Bertz CT molecular complexity index is 1660. The van der Waals surface area contributed by atoms with Crippen molar-refractivity contribution in [2.24, 2.45) is 0 Å². The molecule has 0 amide bonds. The molecule has 0 saturated heterocycles. The maximum atomic E-state index is 12.7. The number of rotatable bonds is 3. The SMILES string of the molecule is Cc1ccc(C(=O)Oc2ccc3c(-c4cc5cc(Cl)ccc5oc4=O)cc(=O)oc3c2)cc1. The van der Waals surface area contributed by atoms with Crippen molar-refractivity contribution in [1.82, 2.24) is 0 Å². The van der Waals surface area contributed by atoms with Gasteiger partial charge in [-0.15, -0.1) is 0 Å². The second-order valence-electron chi connectivity index (χ2n) is 7.52. The number of aryl methyl sites for hydroxylation is 1. The second kappa shape index (κ2) is 8.07. The molecule has 162 valence electrons. The molecule has 2 heterocycles. The molecular formula is C26H15ClO6. The number of carbonyl (C=O) groups excluding carboxylic acids is 1. The zero-order chi connectivity index (χ0) is 23.1. The van der Waals surface area contributed by atoms with E-state index in [0.717, 1.165) is 5.56 Å². The van der Waals surface area contributed by atoms with Crippen molar-refractivity contribution >= 4 is 39.5 Å². The van der Waals surface area contributed by atoms with E-state index >= 15 is 0 Å². The van der Waals surface area contributed by atoms with Crippen LogP contribution in [0.4, 0.5) is 0 Å². The quantitative estimate of drug-likeness (QED) is 0.194. The lowest BCUT2D eigenvalue weighted by atomic mass is 10.0. The van der Waals surface area contributed by atoms with Crippen LogP contribution in [-0.4, -0.2) is 5.97 Å². The van der Waals surface area contributed by atoms with Gasteiger partial charge in [-0.25, -0.2) is 14.4 Å². The average Bonchev–Trinajstić information content (AvgIpc) is 2.78. The van der Waals surface area contributed by atoms with Crippen LogP contribution in [0.1, 0.15) is 15.9 Å². The Hall–Kier alpha value is -4.16. The highest BCUT2D eigenvalue weighted by Crippen LogP contribution is 2.30. The van der Waals surface area contributed by atoms with E-state index in [9.17, 15) is 14.4 Å². The van der Waals surface area contributed by atoms with Crippen LogP contribution in [0.3, 0.4) is 0 Å². The van der Waals surface area contributed by atoms with Gasteiger partial charge >= 0.3 is 17.2 Å². The number of hydrogen-bond acceptors (Lipinski definition) is 6. The number of esters is 1. The highest BCUT2D eigenvalue weighted by molar-refractivity contribution is 6.31. The minimum Gasteiger partial charge on any atom is -0.423 e. The summed E-state index contributed by atoms with van der Waals surface area (Å²) in [5.41, 5.74) is 1.22. The first-order valence-corrected chi connectivity index (χ1v) is 10.4. The molecule has 0 aliphatic rings. The Labute approximate surface area is 191 Å². The summed E-state index contributed by atoms with van der Waals surface area (Å²) in [5, 5.41) is 1.58. The predicted octanol–water partition coefficient (Wildman–Crippen LogP) is 5.75. The summed E-state index contributed by atoms with van der Waals surface area (Å²) in [7, 11) is 0.